The molecule has 0 radical (unpaired) electrons. The zero-order valence-corrected chi connectivity index (χ0v) is 17.5. The molecule has 5 nitrogen and oxygen atoms in total. The first-order valence-corrected chi connectivity index (χ1v) is 10.0. The van der Waals surface area contributed by atoms with Gasteiger partial charge in [0.15, 0.2) is 0 Å². The average Bonchev–Trinajstić information content (AvgIpc) is 2.72. The van der Waals surface area contributed by atoms with Crippen molar-refractivity contribution in [2.45, 2.75) is 45.3 Å². The third kappa shape index (κ3) is 4.70. The van der Waals surface area contributed by atoms with E-state index in [-0.39, 0.29) is 11.5 Å². The Morgan fingerprint density at radius 2 is 1.70 bits per heavy atom. The number of allylic oxidation sites excluding steroid dienone is 1. The van der Waals surface area contributed by atoms with Crippen molar-refractivity contribution in [3.63, 3.8) is 0 Å². The van der Waals surface area contributed by atoms with Crippen molar-refractivity contribution in [2.75, 3.05) is 0 Å². The first-order valence-electron chi connectivity index (χ1n) is 10.0. The van der Waals surface area contributed by atoms with Gasteiger partial charge >= 0.3 is 6.09 Å². The van der Waals surface area contributed by atoms with Crippen LogP contribution in [-0.4, -0.2) is 11.7 Å². The Morgan fingerprint density at radius 3 is 2.33 bits per heavy atom. The van der Waals surface area contributed by atoms with Gasteiger partial charge in [0, 0.05) is 5.92 Å². The predicted molar refractivity (Wildman–Crippen MR) is 115 cm³/mol. The Morgan fingerprint density at radius 1 is 1.07 bits per heavy atom. The molecule has 1 amide bonds. The lowest BCUT2D eigenvalue weighted by molar-refractivity contribution is 0.0491. The zero-order chi connectivity index (χ0) is 21.7. The molecule has 2 aromatic rings. The van der Waals surface area contributed by atoms with E-state index in [1.54, 1.807) is 0 Å². The number of nitriles is 2. The molecule has 1 unspecified atom stereocenters. The van der Waals surface area contributed by atoms with E-state index in [4.69, 9.17) is 4.74 Å². The first-order chi connectivity index (χ1) is 14.3. The first kappa shape index (κ1) is 21.1. The fourth-order valence-corrected chi connectivity index (χ4v) is 3.97. The van der Waals surface area contributed by atoms with Gasteiger partial charge < -0.3 is 10.1 Å². The largest absolute Gasteiger partial charge is 0.444 e. The number of alkyl carbamates (subject to hydrolysis) is 1. The number of hydrogen-bond donors (Lipinski definition) is 1. The highest BCUT2D eigenvalue weighted by Gasteiger charge is 2.35. The lowest BCUT2D eigenvalue weighted by Crippen LogP contribution is -2.39. The van der Waals surface area contributed by atoms with Gasteiger partial charge in [-0.1, -0.05) is 54.6 Å². The number of rotatable bonds is 3. The summed E-state index contributed by atoms with van der Waals surface area (Å²) in [6.45, 7) is 5.45. The number of nitrogens with one attached hydrogen (secondary N) is 1. The smallest absolute Gasteiger partial charge is 0.408 e. The Balaban J connectivity index is 2.10. The van der Waals surface area contributed by atoms with E-state index < -0.39 is 17.7 Å². The molecule has 0 saturated heterocycles. The van der Waals surface area contributed by atoms with Crippen molar-refractivity contribution in [1.29, 1.82) is 10.5 Å². The summed E-state index contributed by atoms with van der Waals surface area (Å²) in [6.07, 6.45) is 0.979. The molecule has 30 heavy (non-hydrogen) atoms. The molecule has 0 aliphatic heterocycles. The summed E-state index contributed by atoms with van der Waals surface area (Å²) in [5.41, 5.74) is 3.05. The van der Waals surface area contributed by atoms with Crippen LogP contribution in [0.1, 0.15) is 49.9 Å². The SMILES string of the molecule is CC(C)(C)OC(=O)N[C@H](c1ccccc1)C1CCc2ccccc2C1=C(C#N)C#N. The van der Waals surface area contributed by atoms with E-state index in [2.05, 4.69) is 17.5 Å². The van der Waals surface area contributed by atoms with Crippen molar-refractivity contribution in [3.8, 4) is 12.1 Å². The van der Waals surface area contributed by atoms with Crippen molar-refractivity contribution >= 4 is 11.7 Å². The van der Waals surface area contributed by atoms with E-state index in [0.717, 1.165) is 23.1 Å². The Labute approximate surface area is 177 Å². The Kier molecular flexibility index (Phi) is 6.23. The monoisotopic (exact) mass is 399 g/mol. The maximum Gasteiger partial charge on any atom is 0.408 e. The minimum absolute atomic E-state index is 0.0825. The topological polar surface area (TPSA) is 85.9 Å². The summed E-state index contributed by atoms with van der Waals surface area (Å²) in [4.78, 5) is 12.7. The minimum Gasteiger partial charge on any atom is -0.444 e. The van der Waals surface area contributed by atoms with Gasteiger partial charge in [-0.15, -0.1) is 0 Å². The number of fused-ring (bicyclic) bond motifs is 1. The van der Waals surface area contributed by atoms with Gasteiger partial charge in [-0.25, -0.2) is 4.79 Å². The molecule has 0 aromatic heterocycles. The highest BCUT2D eigenvalue weighted by atomic mass is 16.6. The van der Waals surface area contributed by atoms with Gasteiger partial charge in [0.05, 0.1) is 6.04 Å². The highest BCUT2D eigenvalue weighted by Crippen LogP contribution is 2.43. The van der Waals surface area contributed by atoms with Crippen LogP contribution >= 0.6 is 0 Å². The Bertz CT molecular complexity index is 1020. The van der Waals surface area contributed by atoms with Crippen molar-refractivity contribution < 1.29 is 9.53 Å². The second kappa shape index (κ2) is 8.84. The lowest BCUT2D eigenvalue weighted by Gasteiger charge is -2.35. The number of aryl methyl sites for hydroxylation is 1. The van der Waals surface area contributed by atoms with Gasteiger partial charge in [0.25, 0.3) is 0 Å². The maximum atomic E-state index is 12.7. The summed E-state index contributed by atoms with van der Waals surface area (Å²) in [5.74, 6) is -0.232. The predicted octanol–water partition coefficient (Wildman–Crippen LogP) is 5.32. The molecule has 1 N–H and O–H groups in total. The molecule has 2 atom stereocenters. The van der Waals surface area contributed by atoms with Crippen LogP contribution in [0, 0.1) is 28.6 Å². The van der Waals surface area contributed by atoms with Crippen molar-refractivity contribution in [1.82, 2.24) is 5.32 Å². The molecule has 0 saturated carbocycles. The maximum absolute atomic E-state index is 12.7. The molecule has 1 aliphatic rings. The molecule has 1 aliphatic carbocycles. The van der Waals surface area contributed by atoms with E-state index in [0.29, 0.717) is 12.0 Å². The lowest BCUT2D eigenvalue weighted by atomic mass is 9.72. The van der Waals surface area contributed by atoms with Crippen molar-refractivity contribution in [3.05, 3.63) is 76.9 Å². The van der Waals surface area contributed by atoms with Gasteiger partial charge in [0.1, 0.15) is 23.3 Å². The number of ether oxygens (including phenoxy) is 1. The average molecular weight is 399 g/mol. The minimum atomic E-state index is -0.631. The zero-order valence-electron chi connectivity index (χ0n) is 17.5. The van der Waals surface area contributed by atoms with Crippen LogP contribution in [-0.2, 0) is 11.2 Å². The highest BCUT2D eigenvalue weighted by molar-refractivity contribution is 5.81. The number of carbonyl (C=O) groups is 1. The second-order valence-corrected chi connectivity index (χ2v) is 8.35. The van der Waals surface area contributed by atoms with Gasteiger partial charge in [-0.2, -0.15) is 10.5 Å². The number of carbonyl (C=O) groups excluding carboxylic acids is 1. The van der Waals surface area contributed by atoms with Crippen LogP contribution < -0.4 is 5.32 Å². The van der Waals surface area contributed by atoms with E-state index in [1.807, 2.05) is 75.4 Å². The molecule has 5 heteroatoms. The molecule has 0 heterocycles. The molecule has 0 spiro atoms. The third-order valence-corrected chi connectivity index (χ3v) is 5.13. The molecular formula is C25H25N3O2. The van der Waals surface area contributed by atoms with Crippen LogP contribution in [0.5, 0.6) is 0 Å². The van der Waals surface area contributed by atoms with E-state index >= 15 is 0 Å². The molecule has 0 bridgehead atoms. The fourth-order valence-electron chi connectivity index (χ4n) is 3.97. The van der Waals surface area contributed by atoms with Crippen molar-refractivity contribution in [2.24, 2.45) is 5.92 Å². The third-order valence-electron chi connectivity index (χ3n) is 5.13. The van der Waals surface area contributed by atoms with Gasteiger partial charge in [-0.05, 0) is 55.9 Å². The molecule has 0 fully saturated rings. The molecule has 2 aromatic carbocycles. The fraction of sp³-hybridized carbons (Fsp3) is 0.320. The number of nitrogens with zero attached hydrogens (tertiary/aromatic N) is 2. The molecule has 152 valence electrons. The number of amides is 1. The van der Waals surface area contributed by atoms with Crippen LogP contribution in [0.3, 0.4) is 0 Å². The van der Waals surface area contributed by atoms with E-state index in [9.17, 15) is 15.3 Å². The normalized spacial score (nSPS) is 16.4. The van der Waals surface area contributed by atoms with Gasteiger partial charge in [-0.3, -0.25) is 0 Å². The summed E-state index contributed by atoms with van der Waals surface area (Å²) in [7, 11) is 0. The second-order valence-electron chi connectivity index (χ2n) is 8.35. The summed E-state index contributed by atoms with van der Waals surface area (Å²) in [5, 5.41) is 22.3. The van der Waals surface area contributed by atoms with Crippen LogP contribution in [0.2, 0.25) is 0 Å². The number of benzene rings is 2. The summed E-state index contributed by atoms with van der Waals surface area (Å²) < 4.78 is 5.50. The number of hydrogen-bond acceptors (Lipinski definition) is 4. The Hall–Kier alpha value is -3.57. The molecular weight excluding hydrogens is 374 g/mol. The van der Waals surface area contributed by atoms with Gasteiger partial charge in [0.2, 0.25) is 0 Å². The summed E-state index contributed by atoms with van der Waals surface area (Å²) >= 11 is 0. The quantitative estimate of drug-likeness (QED) is 0.708. The standard InChI is InChI=1S/C25H25N3O2/c1-25(2,3)30-24(29)28-23(18-10-5-4-6-11-18)21-14-13-17-9-7-8-12-20(17)22(21)19(15-26)16-27/h4-12,21,23H,13-14H2,1-3H3,(H,28,29)/t21?,23-/m1/s1. The van der Waals surface area contributed by atoms with Crippen LogP contribution in [0.4, 0.5) is 4.79 Å². The molecule has 3 rings (SSSR count). The van der Waals surface area contributed by atoms with Crippen LogP contribution in [0.25, 0.3) is 5.57 Å². The van der Waals surface area contributed by atoms with Crippen LogP contribution in [0.15, 0.2) is 60.2 Å². The summed E-state index contributed by atoms with van der Waals surface area (Å²) in [6, 6.07) is 21.2. The van der Waals surface area contributed by atoms with E-state index in [1.165, 1.54) is 0 Å².